The van der Waals surface area contributed by atoms with E-state index in [1.807, 2.05) is 13.1 Å². The van der Waals surface area contributed by atoms with E-state index in [-0.39, 0.29) is 0 Å². The van der Waals surface area contributed by atoms with Gasteiger partial charge >= 0.3 is 0 Å². The summed E-state index contributed by atoms with van der Waals surface area (Å²) < 4.78 is 5.50. The summed E-state index contributed by atoms with van der Waals surface area (Å²) in [5.41, 5.74) is 5.36. The van der Waals surface area contributed by atoms with E-state index in [0.29, 0.717) is 5.92 Å². The smallest absolute Gasteiger partial charge is 0.135 e. The van der Waals surface area contributed by atoms with Crippen LogP contribution in [0.15, 0.2) is 6.20 Å². The maximum absolute atomic E-state index is 5.50. The van der Waals surface area contributed by atoms with Crippen molar-refractivity contribution in [3.05, 3.63) is 34.5 Å². The van der Waals surface area contributed by atoms with Crippen molar-refractivity contribution in [1.82, 2.24) is 25.1 Å². The van der Waals surface area contributed by atoms with Crippen molar-refractivity contribution in [2.75, 3.05) is 44.3 Å². The third-order valence-electron chi connectivity index (χ3n) is 6.65. The first-order chi connectivity index (χ1) is 14.3. The second kappa shape index (κ2) is 8.40. The zero-order valence-corrected chi connectivity index (χ0v) is 17.5. The Bertz CT molecular complexity index is 844. The zero-order chi connectivity index (χ0) is 19.6. The Morgan fingerprint density at radius 1 is 1.10 bits per heavy atom. The molecule has 2 aromatic heterocycles. The van der Waals surface area contributed by atoms with E-state index in [4.69, 9.17) is 14.7 Å². The number of ether oxygens (including phenoxy) is 1. The van der Waals surface area contributed by atoms with E-state index in [2.05, 4.69) is 20.0 Å². The van der Waals surface area contributed by atoms with Crippen molar-refractivity contribution in [3.63, 3.8) is 0 Å². The summed E-state index contributed by atoms with van der Waals surface area (Å²) in [5.74, 6) is 2.60. The molecular formula is C22H32N6O. The van der Waals surface area contributed by atoms with Gasteiger partial charge in [-0.2, -0.15) is 5.10 Å². The number of hydrogen-bond donors (Lipinski definition) is 1. The summed E-state index contributed by atoms with van der Waals surface area (Å²) >= 11 is 0. The van der Waals surface area contributed by atoms with Gasteiger partial charge in [-0.25, -0.2) is 9.97 Å². The first-order valence-corrected chi connectivity index (χ1v) is 11.2. The summed E-state index contributed by atoms with van der Waals surface area (Å²) in [6.45, 7) is 8.79. The summed E-state index contributed by atoms with van der Waals surface area (Å²) in [4.78, 5) is 14.7. The van der Waals surface area contributed by atoms with E-state index >= 15 is 0 Å². The molecule has 29 heavy (non-hydrogen) atoms. The van der Waals surface area contributed by atoms with Crippen LogP contribution in [-0.2, 0) is 24.1 Å². The van der Waals surface area contributed by atoms with Gasteiger partial charge in [-0.05, 0) is 45.4 Å². The quantitative estimate of drug-likeness (QED) is 0.857. The fraction of sp³-hybridized carbons (Fsp3) is 0.682. The second-order valence-electron chi connectivity index (χ2n) is 8.71. The van der Waals surface area contributed by atoms with Crippen LogP contribution in [0.1, 0.15) is 59.9 Å². The van der Waals surface area contributed by atoms with Crippen LogP contribution in [0.25, 0.3) is 0 Å². The molecule has 0 amide bonds. The Morgan fingerprint density at radius 2 is 1.97 bits per heavy atom. The molecule has 0 saturated carbocycles. The van der Waals surface area contributed by atoms with Crippen molar-refractivity contribution in [3.8, 4) is 0 Å². The van der Waals surface area contributed by atoms with Crippen LogP contribution in [0.4, 0.5) is 5.82 Å². The largest absolute Gasteiger partial charge is 0.379 e. The fourth-order valence-electron chi connectivity index (χ4n) is 5.16. The maximum Gasteiger partial charge on any atom is 0.135 e. The van der Waals surface area contributed by atoms with Crippen LogP contribution in [0, 0.1) is 6.92 Å². The van der Waals surface area contributed by atoms with Crippen LogP contribution < -0.4 is 4.90 Å². The third-order valence-corrected chi connectivity index (χ3v) is 6.65. The highest BCUT2D eigenvalue weighted by atomic mass is 16.5. The Kier molecular flexibility index (Phi) is 5.50. The van der Waals surface area contributed by atoms with E-state index in [0.717, 1.165) is 64.6 Å². The Balaban J connectivity index is 1.36. The predicted octanol–water partition coefficient (Wildman–Crippen LogP) is 2.60. The Labute approximate surface area is 172 Å². The summed E-state index contributed by atoms with van der Waals surface area (Å²) in [6, 6.07) is 0. The molecule has 156 valence electrons. The number of piperidine rings is 1. The number of aromatic nitrogens is 4. The molecule has 2 aromatic rings. The SMILES string of the molecule is Cc1nc2c(c(N3CCCC(c4[nH]ncc4CN4CCOCC4)C3)n1)CCCC2. The van der Waals surface area contributed by atoms with Crippen molar-refractivity contribution in [2.24, 2.45) is 0 Å². The predicted molar refractivity (Wildman–Crippen MR) is 112 cm³/mol. The van der Waals surface area contributed by atoms with E-state index in [1.165, 1.54) is 54.0 Å². The number of morpholine rings is 1. The molecule has 7 nitrogen and oxygen atoms in total. The molecule has 7 heteroatoms. The molecule has 0 aromatic carbocycles. The van der Waals surface area contributed by atoms with Gasteiger partial charge in [0, 0.05) is 61.2 Å². The molecule has 1 N–H and O–H groups in total. The van der Waals surface area contributed by atoms with Crippen molar-refractivity contribution in [1.29, 1.82) is 0 Å². The minimum absolute atomic E-state index is 0.483. The van der Waals surface area contributed by atoms with Crippen molar-refractivity contribution in [2.45, 2.75) is 57.9 Å². The molecule has 2 saturated heterocycles. The molecule has 3 aliphatic rings. The number of H-pyrrole nitrogens is 1. The number of nitrogens with zero attached hydrogens (tertiary/aromatic N) is 5. The molecule has 0 radical (unpaired) electrons. The molecule has 4 heterocycles. The average molecular weight is 397 g/mol. The van der Waals surface area contributed by atoms with Crippen LogP contribution in [0.2, 0.25) is 0 Å². The fourth-order valence-corrected chi connectivity index (χ4v) is 5.16. The van der Waals surface area contributed by atoms with E-state index < -0.39 is 0 Å². The van der Waals surface area contributed by atoms with Gasteiger partial charge in [0.25, 0.3) is 0 Å². The molecule has 0 spiro atoms. The standard InChI is InChI=1S/C22H32N6O/c1-16-24-20-7-3-2-6-19(20)22(25-16)28-8-4-5-17(15-28)21-18(13-23-26-21)14-27-9-11-29-12-10-27/h13,17H,2-12,14-15H2,1H3,(H,23,26). The van der Waals surface area contributed by atoms with E-state index in [9.17, 15) is 0 Å². The number of aromatic amines is 1. The minimum atomic E-state index is 0.483. The van der Waals surface area contributed by atoms with Gasteiger partial charge in [-0.1, -0.05) is 0 Å². The number of rotatable bonds is 4. The molecule has 5 rings (SSSR count). The van der Waals surface area contributed by atoms with Crippen molar-refractivity contribution < 1.29 is 4.74 Å². The summed E-state index contributed by atoms with van der Waals surface area (Å²) in [5, 5.41) is 7.76. The summed E-state index contributed by atoms with van der Waals surface area (Å²) in [7, 11) is 0. The molecule has 1 unspecified atom stereocenters. The zero-order valence-electron chi connectivity index (χ0n) is 17.5. The monoisotopic (exact) mass is 396 g/mol. The number of nitrogens with one attached hydrogen (secondary N) is 1. The lowest BCUT2D eigenvalue weighted by atomic mass is 9.91. The highest BCUT2D eigenvalue weighted by molar-refractivity contribution is 5.51. The molecular weight excluding hydrogens is 364 g/mol. The lowest BCUT2D eigenvalue weighted by Crippen LogP contribution is -2.38. The Morgan fingerprint density at radius 3 is 2.86 bits per heavy atom. The lowest BCUT2D eigenvalue weighted by Gasteiger charge is -2.36. The maximum atomic E-state index is 5.50. The van der Waals surface area contributed by atoms with Gasteiger partial charge in [0.15, 0.2) is 0 Å². The van der Waals surface area contributed by atoms with Gasteiger partial charge < -0.3 is 9.64 Å². The first kappa shape index (κ1) is 19.0. The van der Waals surface area contributed by atoms with Crippen LogP contribution >= 0.6 is 0 Å². The highest BCUT2D eigenvalue weighted by Gasteiger charge is 2.29. The average Bonchev–Trinajstić information content (AvgIpc) is 3.22. The van der Waals surface area contributed by atoms with Crippen molar-refractivity contribution >= 4 is 5.82 Å². The van der Waals surface area contributed by atoms with E-state index in [1.54, 1.807) is 0 Å². The number of hydrogen-bond acceptors (Lipinski definition) is 6. The van der Waals surface area contributed by atoms with Gasteiger partial charge in [0.05, 0.1) is 19.4 Å². The van der Waals surface area contributed by atoms with Gasteiger partial charge in [-0.3, -0.25) is 10.00 Å². The van der Waals surface area contributed by atoms with Crippen LogP contribution in [0.3, 0.4) is 0 Å². The third kappa shape index (κ3) is 4.03. The number of aryl methyl sites for hydroxylation is 2. The minimum Gasteiger partial charge on any atom is -0.379 e. The molecule has 1 aliphatic carbocycles. The van der Waals surface area contributed by atoms with Gasteiger partial charge in [0.1, 0.15) is 11.6 Å². The lowest BCUT2D eigenvalue weighted by molar-refractivity contribution is 0.0340. The highest BCUT2D eigenvalue weighted by Crippen LogP contribution is 2.34. The van der Waals surface area contributed by atoms with Gasteiger partial charge in [0.2, 0.25) is 0 Å². The van der Waals surface area contributed by atoms with Crippen LogP contribution in [0.5, 0.6) is 0 Å². The number of anilines is 1. The second-order valence-corrected chi connectivity index (χ2v) is 8.71. The molecule has 0 bridgehead atoms. The van der Waals surface area contributed by atoms with Crippen LogP contribution in [-0.4, -0.2) is 64.5 Å². The molecule has 1 atom stereocenters. The first-order valence-electron chi connectivity index (χ1n) is 11.2. The number of fused-ring (bicyclic) bond motifs is 1. The topological polar surface area (TPSA) is 70.2 Å². The normalized spacial score (nSPS) is 23.2. The van der Waals surface area contributed by atoms with Gasteiger partial charge in [-0.15, -0.1) is 0 Å². The molecule has 2 fully saturated rings. The Hall–Kier alpha value is -1.99. The molecule has 2 aliphatic heterocycles. The summed E-state index contributed by atoms with van der Waals surface area (Å²) in [6.07, 6.45) is 9.17.